The molecule has 0 aromatic heterocycles. The standard InChI is InChI=1S/C24H38O2/c1-19-5-9-21(10-6-19)4-3-17-25-23-13-15-24(16-14-23)26-18-22-11-7-20(2)8-12-22/h13-16,19-22H,3-12,17-18H2,1-2H3. The fraction of sp³-hybridized carbons (Fsp3) is 0.750. The van der Waals surface area contributed by atoms with E-state index in [1.807, 2.05) is 0 Å². The molecule has 0 spiro atoms. The molecule has 146 valence electrons. The van der Waals surface area contributed by atoms with Gasteiger partial charge in [-0.05, 0) is 73.6 Å². The summed E-state index contributed by atoms with van der Waals surface area (Å²) in [5.74, 6) is 5.49. The molecule has 26 heavy (non-hydrogen) atoms. The van der Waals surface area contributed by atoms with Crippen molar-refractivity contribution in [2.45, 2.75) is 78.1 Å². The summed E-state index contributed by atoms with van der Waals surface area (Å²) in [6, 6.07) is 8.23. The average Bonchev–Trinajstić information content (AvgIpc) is 2.67. The van der Waals surface area contributed by atoms with E-state index in [0.717, 1.165) is 48.4 Å². The first-order chi connectivity index (χ1) is 12.7. The van der Waals surface area contributed by atoms with E-state index in [1.54, 1.807) is 0 Å². The van der Waals surface area contributed by atoms with E-state index in [1.165, 1.54) is 64.2 Å². The molecule has 2 aliphatic carbocycles. The fourth-order valence-corrected chi connectivity index (χ4v) is 4.52. The van der Waals surface area contributed by atoms with E-state index in [4.69, 9.17) is 9.47 Å². The molecule has 3 rings (SSSR count). The Balaban J connectivity index is 1.29. The molecule has 0 atom stereocenters. The van der Waals surface area contributed by atoms with Crippen molar-refractivity contribution in [3.63, 3.8) is 0 Å². The van der Waals surface area contributed by atoms with Crippen LogP contribution >= 0.6 is 0 Å². The van der Waals surface area contributed by atoms with Gasteiger partial charge in [0.1, 0.15) is 11.5 Å². The highest BCUT2D eigenvalue weighted by molar-refractivity contribution is 5.31. The Morgan fingerprint density at radius 2 is 1.19 bits per heavy atom. The third-order valence-corrected chi connectivity index (χ3v) is 6.61. The Hall–Kier alpha value is -1.18. The van der Waals surface area contributed by atoms with Crippen LogP contribution in [0.2, 0.25) is 0 Å². The van der Waals surface area contributed by atoms with Crippen LogP contribution in [0.1, 0.15) is 78.1 Å². The van der Waals surface area contributed by atoms with Crippen LogP contribution in [0, 0.1) is 23.7 Å². The number of benzene rings is 1. The molecule has 2 fully saturated rings. The van der Waals surface area contributed by atoms with Gasteiger partial charge in [0.15, 0.2) is 0 Å². The van der Waals surface area contributed by atoms with Gasteiger partial charge >= 0.3 is 0 Å². The second kappa shape index (κ2) is 10.2. The Morgan fingerprint density at radius 3 is 1.77 bits per heavy atom. The third-order valence-electron chi connectivity index (χ3n) is 6.61. The Morgan fingerprint density at radius 1 is 0.692 bits per heavy atom. The maximum Gasteiger partial charge on any atom is 0.119 e. The van der Waals surface area contributed by atoms with E-state index in [-0.39, 0.29) is 0 Å². The van der Waals surface area contributed by atoms with Crippen LogP contribution in [0.5, 0.6) is 11.5 Å². The summed E-state index contributed by atoms with van der Waals surface area (Å²) in [4.78, 5) is 0. The topological polar surface area (TPSA) is 18.5 Å². The molecule has 2 saturated carbocycles. The lowest BCUT2D eigenvalue weighted by Gasteiger charge is -2.26. The summed E-state index contributed by atoms with van der Waals surface area (Å²) < 4.78 is 11.9. The van der Waals surface area contributed by atoms with Crippen LogP contribution in [-0.4, -0.2) is 13.2 Å². The van der Waals surface area contributed by atoms with Crippen LogP contribution in [-0.2, 0) is 0 Å². The Labute approximate surface area is 160 Å². The third kappa shape index (κ3) is 6.52. The second-order valence-electron chi connectivity index (χ2n) is 9.02. The van der Waals surface area contributed by atoms with Crippen molar-refractivity contribution >= 4 is 0 Å². The maximum atomic E-state index is 5.99. The van der Waals surface area contributed by atoms with Gasteiger partial charge in [-0.15, -0.1) is 0 Å². The van der Waals surface area contributed by atoms with E-state index < -0.39 is 0 Å². The Kier molecular flexibility index (Phi) is 7.70. The van der Waals surface area contributed by atoms with Gasteiger partial charge in [0.2, 0.25) is 0 Å². The first kappa shape index (κ1) is 19.6. The molecule has 0 heterocycles. The van der Waals surface area contributed by atoms with Crippen molar-refractivity contribution in [1.29, 1.82) is 0 Å². The minimum absolute atomic E-state index is 0.741. The highest BCUT2D eigenvalue weighted by atomic mass is 16.5. The van der Waals surface area contributed by atoms with Crippen LogP contribution in [0.15, 0.2) is 24.3 Å². The molecule has 0 bridgehead atoms. The quantitative estimate of drug-likeness (QED) is 0.472. The van der Waals surface area contributed by atoms with E-state index in [2.05, 4.69) is 38.1 Å². The van der Waals surface area contributed by atoms with Crippen molar-refractivity contribution in [1.82, 2.24) is 0 Å². The summed E-state index contributed by atoms with van der Waals surface area (Å²) in [6.45, 7) is 6.47. The summed E-state index contributed by atoms with van der Waals surface area (Å²) in [7, 11) is 0. The molecule has 1 aromatic rings. The van der Waals surface area contributed by atoms with Crippen LogP contribution in [0.3, 0.4) is 0 Å². The summed E-state index contributed by atoms with van der Waals surface area (Å²) in [5.41, 5.74) is 0. The molecular weight excluding hydrogens is 320 g/mol. The van der Waals surface area contributed by atoms with Crippen molar-refractivity contribution in [2.24, 2.45) is 23.7 Å². The predicted molar refractivity (Wildman–Crippen MR) is 109 cm³/mol. The number of rotatable bonds is 8. The van der Waals surface area contributed by atoms with Crippen molar-refractivity contribution < 1.29 is 9.47 Å². The van der Waals surface area contributed by atoms with Gasteiger partial charge in [0.05, 0.1) is 13.2 Å². The van der Waals surface area contributed by atoms with E-state index in [0.29, 0.717) is 0 Å². The molecule has 2 aliphatic rings. The smallest absolute Gasteiger partial charge is 0.119 e. The molecular formula is C24H38O2. The van der Waals surface area contributed by atoms with Crippen LogP contribution in [0.25, 0.3) is 0 Å². The minimum Gasteiger partial charge on any atom is -0.494 e. The van der Waals surface area contributed by atoms with Gasteiger partial charge < -0.3 is 9.47 Å². The van der Waals surface area contributed by atoms with Gasteiger partial charge in [0.25, 0.3) is 0 Å². The van der Waals surface area contributed by atoms with Crippen molar-refractivity contribution in [3.8, 4) is 11.5 Å². The van der Waals surface area contributed by atoms with E-state index in [9.17, 15) is 0 Å². The summed E-state index contributed by atoms with van der Waals surface area (Å²) >= 11 is 0. The van der Waals surface area contributed by atoms with Gasteiger partial charge in [-0.25, -0.2) is 0 Å². The van der Waals surface area contributed by atoms with Gasteiger partial charge in [-0.2, -0.15) is 0 Å². The second-order valence-corrected chi connectivity index (χ2v) is 9.02. The lowest BCUT2D eigenvalue weighted by Crippen LogP contribution is -2.18. The monoisotopic (exact) mass is 358 g/mol. The van der Waals surface area contributed by atoms with Crippen molar-refractivity contribution in [3.05, 3.63) is 24.3 Å². The molecule has 0 saturated heterocycles. The van der Waals surface area contributed by atoms with Gasteiger partial charge in [-0.1, -0.05) is 52.4 Å². The highest BCUT2D eigenvalue weighted by Gasteiger charge is 2.19. The zero-order valence-electron chi connectivity index (χ0n) is 16.9. The number of ether oxygens (including phenoxy) is 2. The average molecular weight is 359 g/mol. The molecule has 0 amide bonds. The van der Waals surface area contributed by atoms with Crippen molar-refractivity contribution in [2.75, 3.05) is 13.2 Å². The number of hydrogen-bond acceptors (Lipinski definition) is 2. The normalized spacial score (nSPS) is 29.3. The zero-order valence-corrected chi connectivity index (χ0v) is 16.9. The molecule has 2 nitrogen and oxygen atoms in total. The fourth-order valence-electron chi connectivity index (χ4n) is 4.52. The highest BCUT2D eigenvalue weighted by Crippen LogP contribution is 2.31. The zero-order chi connectivity index (χ0) is 18.2. The minimum atomic E-state index is 0.741. The maximum absolute atomic E-state index is 5.99. The molecule has 1 aromatic carbocycles. The lowest BCUT2D eigenvalue weighted by atomic mass is 9.81. The van der Waals surface area contributed by atoms with Crippen LogP contribution < -0.4 is 9.47 Å². The number of hydrogen-bond donors (Lipinski definition) is 0. The molecule has 0 N–H and O–H groups in total. The molecule has 0 unspecified atom stereocenters. The SMILES string of the molecule is CC1CCC(CCCOc2ccc(OCC3CCC(C)CC3)cc2)CC1. The lowest BCUT2D eigenvalue weighted by molar-refractivity contribution is 0.188. The molecule has 0 radical (unpaired) electrons. The van der Waals surface area contributed by atoms with Gasteiger partial charge in [-0.3, -0.25) is 0 Å². The molecule has 0 aliphatic heterocycles. The predicted octanol–water partition coefficient (Wildman–Crippen LogP) is 6.88. The molecule has 2 heteroatoms. The van der Waals surface area contributed by atoms with Crippen LogP contribution in [0.4, 0.5) is 0 Å². The first-order valence-corrected chi connectivity index (χ1v) is 11.0. The first-order valence-electron chi connectivity index (χ1n) is 11.0. The Bertz CT molecular complexity index is 493. The largest absolute Gasteiger partial charge is 0.494 e. The summed E-state index contributed by atoms with van der Waals surface area (Å²) in [6.07, 6.45) is 13.6. The van der Waals surface area contributed by atoms with Gasteiger partial charge in [0, 0.05) is 0 Å². The summed E-state index contributed by atoms with van der Waals surface area (Å²) in [5, 5.41) is 0. The van der Waals surface area contributed by atoms with E-state index >= 15 is 0 Å².